The Bertz CT molecular complexity index is 623. The fourth-order valence-electron chi connectivity index (χ4n) is 2.01. The highest BCUT2D eigenvalue weighted by molar-refractivity contribution is 6.22. The number of alkyl halides is 1. The van der Waals surface area contributed by atoms with E-state index >= 15 is 0 Å². The van der Waals surface area contributed by atoms with Gasteiger partial charge in [0.15, 0.2) is 17.5 Å². The SMILES string of the molecule is Cc1ccc(C(Cl)c2ccc(F)c(F)c2F)c(C)c1. The molecule has 0 fully saturated rings. The number of hydrogen-bond acceptors (Lipinski definition) is 0. The van der Waals surface area contributed by atoms with E-state index < -0.39 is 22.8 Å². The highest BCUT2D eigenvalue weighted by Gasteiger charge is 2.21. The van der Waals surface area contributed by atoms with Gasteiger partial charge in [0.25, 0.3) is 0 Å². The molecule has 0 saturated carbocycles. The van der Waals surface area contributed by atoms with Gasteiger partial charge in [0.2, 0.25) is 0 Å². The average Bonchev–Trinajstić information content (AvgIpc) is 2.35. The molecule has 0 aliphatic rings. The summed E-state index contributed by atoms with van der Waals surface area (Å²) in [6.07, 6.45) is 0. The zero-order valence-corrected chi connectivity index (χ0v) is 11.2. The molecule has 0 saturated heterocycles. The Balaban J connectivity index is 2.50. The molecule has 0 amide bonds. The monoisotopic (exact) mass is 284 g/mol. The second kappa shape index (κ2) is 5.25. The predicted octanol–water partition coefficient (Wildman–Crippen LogP) is 5.05. The Kier molecular flexibility index (Phi) is 3.85. The first-order chi connectivity index (χ1) is 8.91. The van der Waals surface area contributed by atoms with Gasteiger partial charge in [-0.15, -0.1) is 11.6 Å². The van der Waals surface area contributed by atoms with Crippen molar-refractivity contribution >= 4 is 11.6 Å². The van der Waals surface area contributed by atoms with Gasteiger partial charge in [0.05, 0.1) is 5.38 Å². The Morgan fingerprint density at radius 3 is 2.16 bits per heavy atom. The fraction of sp³-hybridized carbons (Fsp3) is 0.200. The zero-order valence-electron chi connectivity index (χ0n) is 10.5. The van der Waals surface area contributed by atoms with E-state index in [1.165, 1.54) is 6.07 Å². The lowest BCUT2D eigenvalue weighted by Crippen LogP contribution is -2.03. The van der Waals surface area contributed by atoms with Crippen LogP contribution in [0.2, 0.25) is 0 Å². The van der Waals surface area contributed by atoms with E-state index in [1.54, 1.807) is 6.07 Å². The van der Waals surface area contributed by atoms with Crippen LogP contribution in [0.4, 0.5) is 13.2 Å². The van der Waals surface area contributed by atoms with E-state index in [1.807, 2.05) is 26.0 Å². The molecule has 0 aromatic heterocycles. The molecule has 100 valence electrons. The van der Waals surface area contributed by atoms with Gasteiger partial charge in [-0.3, -0.25) is 0 Å². The van der Waals surface area contributed by atoms with Crippen LogP contribution in [0.5, 0.6) is 0 Å². The minimum absolute atomic E-state index is 0.0625. The van der Waals surface area contributed by atoms with Crippen molar-refractivity contribution in [1.29, 1.82) is 0 Å². The standard InChI is InChI=1S/C15H12ClF3/c1-8-3-4-10(9(2)7-8)13(16)11-5-6-12(17)15(19)14(11)18/h3-7,13H,1-2H3. The van der Waals surface area contributed by atoms with E-state index in [4.69, 9.17) is 11.6 Å². The quantitative estimate of drug-likeness (QED) is 0.535. The highest BCUT2D eigenvalue weighted by Crippen LogP contribution is 2.34. The first-order valence-electron chi connectivity index (χ1n) is 5.76. The number of halogens is 4. The molecule has 0 heterocycles. The molecular weight excluding hydrogens is 273 g/mol. The van der Waals surface area contributed by atoms with E-state index in [0.717, 1.165) is 17.2 Å². The van der Waals surface area contributed by atoms with Gasteiger partial charge in [-0.1, -0.05) is 29.8 Å². The van der Waals surface area contributed by atoms with Crippen LogP contribution in [-0.4, -0.2) is 0 Å². The third-order valence-electron chi connectivity index (χ3n) is 3.04. The van der Waals surface area contributed by atoms with Gasteiger partial charge in [-0.25, -0.2) is 13.2 Å². The van der Waals surface area contributed by atoms with Crippen LogP contribution in [0.25, 0.3) is 0 Å². The van der Waals surface area contributed by atoms with Crippen molar-refractivity contribution in [3.05, 3.63) is 70.0 Å². The van der Waals surface area contributed by atoms with Crippen molar-refractivity contribution in [3.8, 4) is 0 Å². The number of aryl methyl sites for hydroxylation is 2. The molecule has 1 atom stereocenters. The first-order valence-corrected chi connectivity index (χ1v) is 6.20. The largest absolute Gasteiger partial charge is 0.204 e. The molecule has 1 unspecified atom stereocenters. The normalized spacial score (nSPS) is 12.5. The van der Waals surface area contributed by atoms with Crippen molar-refractivity contribution in [2.24, 2.45) is 0 Å². The number of hydrogen-bond donors (Lipinski definition) is 0. The summed E-state index contributed by atoms with van der Waals surface area (Å²) >= 11 is 6.19. The van der Waals surface area contributed by atoms with Crippen molar-refractivity contribution in [2.75, 3.05) is 0 Å². The lowest BCUT2D eigenvalue weighted by molar-refractivity contribution is 0.441. The molecule has 0 aliphatic heterocycles. The molecule has 2 aromatic carbocycles. The summed E-state index contributed by atoms with van der Waals surface area (Å²) < 4.78 is 39.8. The Morgan fingerprint density at radius 2 is 1.53 bits per heavy atom. The van der Waals surface area contributed by atoms with Crippen LogP contribution in [-0.2, 0) is 0 Å². The van der Waals surface area contributed by atoms with E-state index in [2.05, 4.69) is 0 Å². The third-order valence-corrected chi connectivity index (χ3v) is 3.51. The third kappa shape index (κ3) is 2.61. The molecule has 4 heteroatoms. The molecular formula is C15H12ClF3. The van der Waals surface area contributed by atoms with E-state index in [9.17, 15) is 13.2 Å². The second-order valence-electron chi connectivity index (χ2n) is 4.49. The lowest BCUT2D eigenvalue weighted by atomic mass is 9.98. The van der Waals surface area contributed by atoms with Crippen molar-refractivity contribution < 1.29 is 13.2 Å². The van der Waals surface area contributed by atoms with Crippen molar-refractivity contribution in [3.63, 3.8) is 0 Å². The van der Waals surface area contributed by atoms with Gasteiger partial charge in [0.1, 0.15) is 0 Å². The maximum Gasteiger partial charge on any atom is 0.194 e. The summed E-state index contributed by atoms with van der Waals surface area (Å²) in [5, 5.41) is -0.851. The summed E-state index contributed by atoms with van der Waals surface area (Å²) in [4.78, 5) is 0. The van der Waals surface area contributed by atoms with Gasteiger partial charge < -0.3 is 0 Å². The summed E-state index contributed by atoms with van der Waals surface area (Å²) in [5.41, 5.74) is 2.55. The minimum atomic E-state index is -1.49. The van der Waals surface area contributed by atoms with E-state index in [-0.39, 0.29) is 5.56 Å². The second-order valence-corrected chi connectivity index (χ2v) is 4.92. The minimum Gasteiger partial charge on any atom is -0.204 e. The smallest absolute Gasteiger partial charge is 0.194 e. The molecule has 0 radical (unpaired) electrons. The molecule has 0 spiro atoms. The lowest BCUT2D eigenvalue weighted by Gasteiger charge is -2.15. The van der Waals surface area contributed by atoms with Crippen molar-refractivity contribution in [1.82, 2.24) is 0 Å². The average molecular weight is 285 g/mol. The molecule has 0 bridgehead atoms. The number of benzene rings is 2. The van der Waals surface area contributed by atoms with Crippen LogP contribution in [0, 0.1) is 31.3 Å². The van der Waals surface area contributed by atoms with Gasteiger partial charge >= 0.3 is 0 Å². The van der Waals surface area contributed by atoms with Crippen molar-refractivity contribution in [2.45, 2.75) is 19.2 Å². The molecule has 0 nitrogen and oxygen atoms in total. The van der Waals surface area contributed by atoms with E-state index in [0.29, 0.717) is 5.56 Å². The predicted molar refractivity (Wildman–Crippen MR) is 69.9 cm³/mol. The maximum atomic E-state index is 13.7. The summed E-state index contributed by atoms with van der Waals surface area (Å²) in [7, 11) is 0. The van der Waals surface area contributed by atoms with Crippen LogP contribution in [0.15, 0.2) is 30.3 Å². The summed E-state index contributed by atoms with van der Waals surface area (Å²) in [6, 6.07) is 7.57. The van der Waals surface area contributed by atoms with Crippen LogP contribution < -0.4 is 0 Å². The van der Waals surface area contributed by atoms with Crippen LogP contribution >= 0.6 is 11.6 Å². The maximum absolute atomic E-state index is 13.7. The highest BCUT2D eigenvalue weighted by atomic mass is 35.5. The van der Waals surface area contributed by atoms with Gasteiger partial charge in [-0.2, -0.15) is 0 Å². The summed E-state index contributed by atoms with van der Waals surface area (Å²) in [6.45, 7) is 3.77. The number of rotatable bonds is 2. The molecule has 19 heavy (non-hydrogen) atoms. The fourth-order valence-corrected chi connectivity index (χ4v) is 2.43. The van der Waals surface area contributed by atoms with Gasteiger partial charge in [0, 0.05) is 5.56 Å². The van der Waals surface area contributed by atoms with Gasteiger partial charge in [-0.05, 0) is 31.0 Å². The Labute approximate surface area is 114 Å². The Hall–Kier alpha value is -1.48. The molecule has 2 aromatic rings. The molecule has 2 rings (SSSR count). The molecule has 0 aliphatic carbocycles. The molecule has 0 N–H and O–H groups in total. The summed E-state index contributed by atoms with van der Waals surface area (Å²) in [5.74, 6) is -3.95. The Morgan fingerprint density at radius 1 is 0.895 bits per heavy atom. The van der Waals surface area contributed by atoms with Crippen LogP contribution in [0.1, 0.15) is 27.6 Å². The first kappa shape index (κ1) is 13.9. The van der Waals surface area contributed by atoms with Crippen LogP contribution in [0.3, 0.4) is 0 Å². The topological polar surface area (TPSA) is 0 Å². The zero-order chi connectivity index (χ0) is 14.2.